The second-order valence-electron chi connectivity index (χ2n) is 4.81. The maximum atomic E-state index is 13.3. The first kappa shape index (κ1) is 11.9. The fraction of sp³-hybridized carbons (Fsp3) is 0.188. The molecular weight excluding hydrogens is 239 g/mol. The number of aromatic nitrogens is 2. The van der Waals surface area contributed by atoms with Crippen molar-refractivity contribution in [3.8, 4) is 0 Å². The van der Waals surface area contributed by atoms with Gasteiger partial charge >= 0.3 is 0 Å². The summed E-state index contributed by atoms with van der Waals surface area (Å²) in [6, 6.07) is 11.8. The molecule has 0 aliphatic heterocycles. The highest BCUT2D eigenvalue weighted by Crippen LogP contribution is 2.25. The van der Waals surface area contributed by atoms with Gasteiger partial charge in [0, 0.05) is 23.7 Å². The highest BCUT2D eigenvalue weighted by molar-refractivity contribution is 5.84. The number of benzene rings is 1. The van der Waals surface area contributed by atoms with E-state index in [1.807, 2.05) is 25.1 Å². The lowest BCUT2D eigenvalue weighted by Crippen LogP contribution is -2.02. The molecule has 0 aliphatic carbocycles. The summed E-state index contributed by atoms with van der Waals surface area (Å²) in [5, 5.41) is 0.945. The van der Waals surface area contributed by atoms with Crippen LogP contribution in [0.5, 0.6) is 0 Å². The Morgan fingerprint density at radius 3 is 2.63 bits per heavy atom. The molecule has 2 aromatic heterocycles. The van der Waals surface area contributed by atoms with Gasteiger partial charge in [0.1, 0.15) is 0 Å². The number of halogens is 1. The fourth-order valence-corrected chi connectivity index (χ4v) is 2.49. The average molecular weight is 254 g/mol. The maximum absolute atomic E-state index is 13.3. The molecule has 2 heterocycles. The zero-order valence-electron chi connectivity index (χ0n) is 11.0. The molecule has 0 N–H and O–H groups in total. The van der Waals surface area contributed by atoms with Crippen LogP contribution in [0.2, 0.25) is 0 Å². The van der Waals surface area contributed by atoms with Crippen molar-refractivity contribution in [2.75, 3.05) is 0 Å². The average Bonchev–Trinajstić information content (AvgIpc) is 2.65. The van der Waals surface area contributed by atoms with E-state index >= 15 is 0 Å². The van der Waals surface area contributed by atoms with E-state index in [9.17, 15) is 4.39 Å². The molecule has 96 valence electrons. The first-order valence-electron chi connectivity index (χ1n) is 6.31. The Bertz CT molecular complexity index is 729. The molecule has 3 heteroatoms. The van der Waals surface area contributed by atoms with Crippen LogP contribution in [0, 0.1) is 19.8 Å². The van der Waals surface area contributed by atoms with Gasteiger partial charge in [0.15, 0.2) is 0 Å². The molecule has 1 aromatic carbocycles. The van der Waals surface area contributed by atoms with Crippen LogP contribution in [0.1, 0.15) is 16.8 Å². The van der Waals surface area contributed by atoms with Crippen molar-refractivity contribution in [2.45, 2.75) is 20.4 Å². The molecule has 0 aliphatic rings. The minimum absolute atomic E-state index is 0.424. The van der Waals surface area contributed by atoms with Gasteiger partial charge in [-0.15, -0.1) is 0 Å². The van der Waals surface area contributed by atoms with Gasteiger partial charge in [-0.05, 0) is 25.0 Å². The summed E-state index contributed by atoms with van der Waals surface area (Å²) < 4.78 is 15.5. The minimum Gasteiger partial charge on any atom is -0.339 e. The molecule has 19 heavy (non-hydrogen) atoms. The molecule has 0 saturated heterocycles. The molecule has 0 fully saturated rings. The predicted molar refractivity (Wildman–Crippen MR) is 74.7 cm³/mol. The van der Waals surface area contributed by atoms with Crippen LogP contribution < -0.4 is 0 Å². The Morgan fingerprint density at radius 1 is 1.16 bits per heavy atom. The van der Waals surface area contributed by atoms with Crippen LogP contribution >= 0.6 is 0 Å². The van der Waals surface area contributed by atoms with Gasteiger partial charge in [-0.2, -0.15) is 4.39 Å². The van der Waals surface area contributed by atoms with Crippen LogP contribution in [-0.4, -0.2) is 9.55 Å². The quantitative estimate of drug-likeness (QED) is 0.635. The van der Waals surface area contributed by atoms with Crippen molar-refractivity contribution < 1.29 is 4.39 Å². The maximum Gasteiger partial charge on any atom is 0.213 e. The fourth-order valence-electron chi connectivity index (χ4n) is 2.49. The van der Waals surface area contributed by atoms with E-state index < -0.39 is 5.95 Å². The highest BCUT2D eigenvalue weighted by atomic mass is 19.1. The first-order chi connectivity index (χ1) is 9.16. The van der Waals surface area contributed by atoms with E-state index in [1.165, 1.54) is 11.6 Å². The molecule has 0 radical (unpaired) electrons. The van der Waals surface area contributed by atoms with Gasteiger partial charge in [0.05, 0.1) is 11.7 Å². The van der Waals surface area contributed by atoms with E-state index in [0.29, 0.717) is 0 Å². The molecule has 0 saturated carbocycles. The van der Waals surface area contributed by atoms with Crippen LogP contribution in [-0.2, 0) is 6.54 Å². The molecular formula is C16H15FN2. The van der Waals surface area contributed by atoms with E-state index in [1.54, 1.807) is 6.20 Å². The van der Waals surface area contributed by atoms with E-state index in [-0.39, 0.29) is 0 Å². The number of aryl methyl sites for hydroxylation is 1. The van der Waals surface area contributed by atoms with Crippen LogP contribution in [0.3, 0.4) is 0 Å². The Balaban J connectivity index is 2.16. The number of rotatable bonds is 2. The summed E-state index contributed by atoms with van der Waals surface area (Å²) in [4.78, 5) is 3.78. The minimum atomic E-state index is -0.424. The standard InChI is InChI=1S/C16H15FN2/c1-11-12(2)19(10-13-6-4-3-5-7-13)15-9-18-16(17)8-14(11)15/h3-9H,10H2,1-2H3. The topological polar surface area (TPSA) is 17.8 Å². The van der Waals surface area contributed by atoms with Crippen molar-refractivity contribution in [1.29, 1.82) is 0 Å². The normalized spacial score (nSPS) is 11.1. The molecule has 0 spiro atoms. The number of fused-ring (bicyclic) bond motifs is 1. The lowest BCUT2D eigenvalue weighted by atomic mass is 10.2. The molecule has 3 aromatic rings. The third-order valence-corrected chi connectivity index (χ3v) is 3.68. The lowest BCUT2D eigenvalue weighted by molar-refractivity contribution is 0.586. The van der Waals surface area contributed by atoms with Crippen molar-refractivity contribution in [3.63, 3.8) is 0 Å². The molecule has 0 amide bonds. The number of nitrogens with zero attached hydrogens (tertiary/aromatic N) is 2. The second kappa shape index (κ2) is 4.50. The highest BCUT2D eigenvalue weighted by Gasteiger charge is 2.12. The third-order valence-electron chi connectivity index (χ3n) is 3.68. The number of hydrogen-bond donors (Lipinski definition) is 0. The summed E-state index contributed by atoms with van der Waals surface area (Å²) in [7, 11) is 0. The largest absolute Gasteiger partial charge is 0.339 e. The third kappa shape index (κ3) is 2.01. The summed E-state index contributed by atoms with van der Waals surface area (Å²) in [5.74, 6) is -0.424. The van der Waals surface area contributed by atoms with Crippen molar-refractivity contribution in [2.24, 2.45) is 0 Å². The zero-order valence-corrected chi connectivity index (χ0v) is 11.0. The van der Waals surface area contributed by atoms with E-state index in [2.05, 4.69) is 28.6 Å². The smallest absolute Gasteiger partial charge is 0.213 e. The molecule has 0 bridgehead atoms. The van der Waals surface area contributed by atoms with E-state index in [4.69, 9.17) is 0 Å². The van der Waals surface area contributed by atoms with Gasteiger partial charge in [0.2, 0.25) is 5.95 Å². The number of pyridine rings is 1. The predicted octanol–water partition coefficient (Wildman–Crippen LogP) is 3.84. The molecule has 0 atom stereocenters. The Morgan fingerprint density at radius 2 is 1.89 bits per heavy atom. The second-order valence-corrected chi connectivity index (χ2v) is 4.81. The van der Waals surface area contributed by atoms with Gasteiger partial charge < -0.3 is 4.57 Å². The van der Waals surface area contributed by atoms with Crippen LogP contribution in [0.15, 0.2) is 42.6 Å². The number of hydrogen-bond acceptors (Lipinski definition) is 1. The molecule has 3 rings (SSSR count). The summed E-state index contributed by atoms with van der Waals surface area (Å²) in [5.41, 5.74) is 4.49. The van der Waals surface area contributed by atoms with Gasteiger partial charge in [-0.1, -0.05) is 30.3 Å². The van der Waals surface area contributed by atoms with Crippen molar-refractivity contribution in [1.82, 2.24) is 9.55 Å². The SMILES string of the molecule is Cc1c(C)n(Cc2ccccc2)c2cnc(F)cc12. The Hall–Kier alpha value is -2.16. The monoisotopic (exact) mass is 254 g/mol. The molecule has 0 unspecified atom stereocenters. The summed E-state index contributed by atoms with van der Waals surface area (Å²) in [6.07, 6.45) is 1.62. The molecule has 2 nitrogen and oxygen atoms in total. The van der Waals surface area contributed by atoms with Gasteiger partial charge in [-0.25, -0.2) is 4.98 Å². The Labute approximate surface area is 111 Å². The Kier molecular flexibility index (Phi) is 2.82. The van der Waals surface area contributed by atoms with Crippen LogP contribution in [0.4, 0.5) is 4.39 Å². The summed E-state index contributed by atoms with van der Waals surface area (Å²) in [6.45, 7) is 4.87. The summed E-state index contributed by atoms with van der Waals surface area (Å²) >= 11 is 0. The van der Waals surface area contributed by atoms with Crippen molar-refractivity contribution in [3.05, 3.63) is 65.4 Å². The van der Waals surface area contributed by atoms with E-state index in [0.717, 1.165) is 28.7 Å². The first-order valence-corrected chi connectivity index (χ1v) is 6.31. The van der Waals surface area contributed by atoms with Crippen LogP contribution in [0.25, 0.3) is 10.9 Å². The zero-order chi connectivity index (χ0) is 13.4. The van der Waals surface area contributed by atoms with Gasteiger partial charge in [0.25, 0.3) is 0 Å². The van der Waals surface area contributed by atoms with Crippen molar-refractivity contribution >= 4 is 10.9 Å². The van der Waals surface area contributed by atoms with Gasteiger partial charge in [-0.3, -0.25) is 0 Å². The lowest BCUT2D eigenvalue weighted by Gasteiger charge is -2.08.